The Morgan fingerprint density at radius 2 is 2.12 bits per heavy atom. The van der Waals surface area contributed by atoms with Crippen molar-refractivity contribution < 1.29 is 14.6 Å². The fourth-order valence-electron chi connectivity index (χ4n) is 2.13. The average molecular weight is 235 g/mol. The molecule has 0 amide bonds. The van der Waals surface area contributed by atoms with E-state index in [2.05, 4.69) is 11.9 Å². The van der Waals surface area contributed by atoms with E-state index in [9.17, 15) is 4.79 Å². The predicted molar refractivity (Wildman–Crippen MR) is 63.2 cm³/mol. The maximum absolute atomic E-state index is 10.8. The fraction of sp³-hybridized carbons (Fsp3) is 0.538. The number of nitrogens with zero attached hydrogens (tertiary/aromatic N) is 1. The van der Waals surface area contributed by atoms with E-state index >= 15 is 0 Å². The van der Waals surface area contributed by atoms with Gasteiger partial charge in [-0.25, -0.2) is 9.78 Å². The molecule has 1 heterocycles. The van der Waals surface area contributed by atoms with Gasteiger partial charge in [0.15, 0.2) is 0 Å². The molecule has 0 radical (unpaired) electrons. The minimum absolute atomic E-state index is 0.183. The molecule has 1 fully saturated rings. The van der Waals surface area contributed by atoms with Gasteiger partial charge >= 0.3 is 5.97 Å². The molecule has 1 aromatic heterocycles. The van der Waals surface area contributed by atoms with Crippen molar-refractivity contribution in [3.8, 4) is 5.88 Å². The van der Waals surface area contributed by atoms with Gasteiger partial charge in [0.05, 0.1) is 5.56 Å². The fourth-order valence-corrected chi connectivity index (χ4v) is 2.13. The summed E-state index contributed by atoms with van der Waals surface area (Å²) < 4.78 is 5.72. The minimum atomic E-state index is -0.950. The molecule has 0 aromatic carbocycles. The summed E-state index contributed by atoms with van der Waals surface area (Å²) in [4.78, 5) is 14.9. The Morgan fingerprint density at radius 3 is 2.76 bits per heavy atom. The lowest BCUT2D eigenvalue weighted by Crippen LogP contribution is -2.23. The molecule has 0 unspecified atom stereocenters. The lowest BCUT2D eigenvalue weighted by Gasteiger charge is -2.26. The third-order valence-electron chi connectivity index (χ3n) is 3.23. The Bertz CT molecular complexity index is 397. The van der Waals surface area contributed by atoms with Crippen molar-refractivity contribution in [3.63, 3.8) is 0 Å². The van der Waals surface area contributed by atoms with E-state index in [1.807, 2.05) is 0 Å². The Kier molecular flexibility index (Phi) is 3.61. The second kappa shape index (κ2) is 5.17. The third kappa shape index (κ3) is 3.19. The number of carboxylic acid groups (broad SMARTS) is 1. The van der Waals surface area contributed by atoms with Crippen LogP contribution in [0.3, 0.4) is 0 Å². The van der Waals surface area contributed by atoms with E-state index in [0.29, 0.717) is 5.88 Å². The normalized spacial score (nSPS) is 24.3. The molecule has 4 nitrogen and oxygen atoms in total. The van der Waals surface area contributed by atoms with Crippen LogP contribution in [0.2, 0.25) is 0 Å². The first kappa shape index (κ1) is 11.9. The van der Waals surface area contributed by atoms with Gasteiger partial charge in [-0.1, -0.05) is 6.92 Å². The Hall–Kier alpha value is -1.58. The smallest absolute Gasteiger partial charge is 0.335 e. The largest absolute Gasteiger partial charge is 0.478 e. The molecule has 92 valence electrons. The van der Waals surface area contributed by atoms with Crippen LogP contribution in [-0.2, 0) is 0 Å². The monoisotopic (exact) mass is 235 g/mol. The molecule has 0 bridgehead atoms. The van der Waals surface area contributed by atoms with Crippen LogP contribution in [0.1, 0.15) is 43.0 Å². The molecule has 1 aliphatic rings. The molecular weight excluding hydrogens is 218 g/mol. The number of rotatable bonds is 3. The first-order chi connectivity index (χ1) is 8.15. The number of carbonyl (C=O) groups is 1. The van der Waals surface area contributed by atoms with Crippen LogP contribution in [0.15, 0.2) is 18.3 Å². The zero-order valence-corrected chi connectivity index (χ0v) is 9.93. The first-order valence-corrected chi connectivity index (χ1v) is 6.01. The van der Waals surface area contributed by atoms with Crippen LogP contribution >= 0.6 is 0 Å². The molecule has 0 atom stereocenters. The SMILES string of the molecule is CC1CCC(Oc2cc(C(=O)O)ccn2)CC1. The Labute approximate surface area is 101 Å². The molecule has 1 aliphatic carbocycles. The van der Waals surface area contributed by atoms with Crippen molar-refractivity contribution in [1.82, 2.24) is 4.98 Å². The molecule has 1 aromatic rings. The second-order valence-electron chi connectivity index (χ2n) is 4.69. The van der Waals surface area contributed by atoms with Gasteiger partial charge in [0, 0.05) is 12.3 Å². The van der Waals surface area contributed by atoms with Gasteiger partial charge in [-0.15, -0.1) is 0 Å². The summed E-state index contributed by atoms with van der Waals surface area (Å²) in [6.07, 6.45) is 6.06. The number of pyridine rings is 1. The average Bonchev–Trinajstić information content (AvgIpc) is 2.32. The van der Waals surface area contributed by atoms with Crippen LogP contribution in [0.5, 0.6) is 5.88 Å². The van der Waals surface area contributed by atoms with Crippen molar-refractivity contribution >= 4 is 5.97 Å². The number of carboxylic acids is 1. The predicted octanol–water partition coefficient (Wildman–Crippen LogP) is 2.74. The molecular formula is C13H17NO3. The lowest BCUT2D eigenvalue weighted by molar-refractivity contribution is 0.0695. The van der Waals surface area contributed by atoms with Crippen LogP contribution in [0.4, 0.5) is 0 Å². The van der Waals surface area contributed by atoms with E-state index in [1.165, 1.54) is 31.2 Å². The number of aromatic carboxylic acids is 1. The van der Waals surface area contributed by atoms with Gasteiger partial charge in [0.2, 0.25) is 5.88 Å². The highest BCUT2D eigenvalue weighted by molar-refractivity contribution is 5.87. The van der Waals surface area contributed by atoms with Crippen molar-refractivity contribution in [2.75, 3.05) is 0 Å². The van der Waals surface area contributed by atoms with Gasteiger partial charge in [-0.3, -0.25) is 0 Å². The molecule has 0 spiro atoms. The van der Waals surface area contributed by atoms with Crippen molar-refractivity contribution in [2.24, 2.45) is 5.92 Å². The number of hydrogen-bond acceptors (Lipinski definition) is 3. The Balaban J connectivity index is 1.98. The summed E-state index contributed by atoms with van der Waals surface area (Å²) in [7, 11) is 0. The molecule has 1 N–H and O–H groups in total. The first-order valence-electron chi connectivity index (χ1n) is 6.01. The highest BCUT2D eigenvalue weighted by Crippen LogP contribution is 2.26. The Morgan fingerprint density at radius 1 is 1.41 bits per heavy atom. The van der Waals surface area contributed by atoms with Crippen molar-refractivity contribution in [2.45, 2.75) is 38.7 Å². The third-order valence-corrected chi connectivity index (χ3v) is 3.23. The van der Waals surface area contributed by atoms with Gasteiger partial charge in [-0.05, 0) is 37.7 Å². The maximum Gasteiger partial charge on any atom is 0.335 e. The van der Waals surface area contributed by atoms with E-state index in [-0.39, 0.29) is 11.7 Å². The molecule has 1 saturated carbocycles. The van der Waals surface area contributed by atoms with E-state index in [0.717, 1.165) is 18.8 Å². The summed E-state index contributed by atoms with van der Waals surface area (Å²) in [5.74, 6) is 0.243. The van der Waals surface area contributed by atoms with Gasteiger partial charge < -0.3 is 9.84 Å². The summed E-state index contributed by atoms with van der Waals surface area (Å²) in [6, 6.07) is 2.96. The summed E-state index contributed by atoms with van der Waals surface area (Å²) in [5, 5.41) is 8.87. The highest BCUT2D eigenvalue weighted by Gasteiger charge is 2.20. The number of ether oxygens (including phenoxy) is 1. The van der Waals surface area contributed by atoms with Crippen LogP contribution < -0.4 is 4.74 Å². The topological polar surface area (TPSA) is 59.4 Å². The van der Waals surface area contributed by atoms with Crippen LogP contribution in [0, 0.1) is 5.92 Å². The molecule has 2 rings (SSSR count). The summed E-state index contributed by atoms with van der Waals surface area (Å²) in [6.45, 7) is 2.25. The number of hydrogen-bond donors (Lipinski definition) is 1. The van der Waals surface area contributed by atoms with Crippen LogP contribution in [0.25, 0.3) is 0 Å². The molecule has 17 heavy (non-hydrogen) atoms. The summed E-state index contributed by atoms with van der Waals surface area (Å²) in [5.41, 5.74) is 0.221. The zero-order valence-electron chi connectivity index (χ0n) is 9.93. The highest BCUT2D eigenvalue weighted by atomic mass is 16.5. The van der Waals surface area contributed by atoms with Crippen molar-refractivity contribution in [3.05, 3.63) is 23.9 Å². The zero-order chi connectivity index (χ0) is 12.3. The van der Waals surface area contributed by atoms with E-state index in [4.69, 9.17) is 9.84 Å². The van der Waals surface area contributed by atoms with E-state index < -0.39 is 5.97 Å². The number of aromatic nitrogens is 1. The molecule has 4 heteroatoms. The second-order valence-corrected chi connectivity index (χ2v) is 4.69. The van der Waals surface area contributed by atoms with Gasteiger partial charge in [0.25, 0.3) is 0 Å². The van der Waals surface area contributed by atoms with Crippen molar-refractivity contribution in [1.29, 1.82) is 0 Å². The molecule has 0 saturated heterocycles. The molecule has 0 aliphatic heterocycles. The standard InChI is InChI=1S/C13H17NO3/c1-9-2-4-11(5-3-9)17-12-8-10(13(15)16)6-7-14-12/h6-9,11H,2-5H2,1H3,(H,15,16). The minimum Gasteiger partial charge on any atom is -0.478 e. The van der Waals surface area contributed by atoms with Gasteiger partial charge in [-0.2, -0.15) is 0 Å². The maximum atomic E-state index is 10.8. The van der Waals surface area contributed by atoms with Crippen LogP contribution in [-0.4, -0.2) is 22.2 Å². The lowest BCUT2D eigenvalue weighted by atomic mass is 9.89. The summed E-state index contributed by atoms with van der Waals surface area (Å²) >= 11 is 0. The van der Waals surface area contributed by atoms with Gasteiger partial charge in [0.1, 0.15) is 6.10 Å². The quantitative estimate of drug-likeness (QED) is 0.875. The van der Waals surface area contributed by atoms with E-state index in [1.54, 1.807) is 0 Å².